The largest absolute Gasteiger partial charge is 0.377 e. The Morgan fingerprint density at radius 2 is 2.22 bits per heavy atom. The van der Waals surface area contributed by atoms with E-state index in [9.17, 15) is 4.39 Å². The molecule has 0 saturated carbocycles. The van der Waals surface area contributed by atoms with Crippen LogP contribution in [0.25, 0.3) is 0 Å². The molecule has 0 radical (unpaired) electrons. The van der Waals surface area contributed by atoms with Crippen molar-refractivity contribution in [3.63, 3.8) is 0 Å². The minimum absolute atomic E-state index is 0.111. The van der Waals surface area contributed by atoms with E-state index < -0.39 is 0 Å². The van der Waals surface area contributed by atoms with E-state index in [2.05, 4.69) is 12.2 Å². The Kier molecular flexibility index (Phi) is 5.14. The maximum absolute atomic E-state index is 13.5. The summed E-state index contributed by atoms with van der Waals surface area (Å²) in [7, 11) is 0. The lowest BCUT2D eigenvalue weighted by Gasteiger charge is -2.24. The molecule has 1 aliphatic heterocycles. The van der Waals surface area contributed by atoms with Crippen molar-refractivity contribution in [1.82, 2.24) is 5.32 Å². The summed E-state index contributed by atoms with van der Waals surface area (Å²) in [5.74, 6) is -0.111. The van der Waals surface area contributed by atoms with Gasteiger partial charge in [-0.2, -0.15) is 0 Å². The number of hydrogen-bond acceptors (Lipinski definition) is 2. The van der Waals surface area contributed by atoms with Crippen LogP contribution in [0.1, 0.15) is 31.7 Å². The van der Waals surface area contributed by atoms with E-state index in [4.69, 9.17) is 4.74 Å². The SMILES string of the molecule is CC(Cc1ccccc1F)NCC1CCCCO1. The van der Waals surface area contributed by atoms with E-state index in [0.717, 1.165) is 31.6 Å². The molecule has 1 aromatic carbocycles. The van der Waals surface area contributed by atoms with Crippen molar-refractivity contribution in [2.24, 2.45) is 0 Å². The van der Waals surface area contributed by atoms with Gasteiger partial charge in [0.05, 0.1) is 6.10 Å². The minimum Gasteiger partial charge on any atom is -0.377 e. The highest BCUT2D eigenvalue weighted by atomic mass is 19.1. The second-order valence-electron chi connectivity index (χ2n) is 5.09. The van der Waals surface area contributed by atoms with Crippen molar-refractivity contribution >= 4 is 0 Å². The zero-order valence-corrected chi connectivity index (χ0v) is 11.0. The van der Waals surface area contributed by atoms with Gasteiger partial charge in [-0.1, -0.05) is 18.2 Å². The Morgan fingerprint density at radius 1 is 1.39 bits per heavy atom. The van der Waals surface area contributed by atoms with Crippen molar-refractivity contribution < 1.29 is 9.13 Å². The second kappa shape index (κ2) is 6.86. The maximum atomic E-state index is 13.5. The molecule has 0 amide bonds. The van der Waals surface area contributed by atoms with Crippen LogP contribution in [-0.4, -0.2) is 25.3 Å². The molecule has 100 valence electrons. The van der Waals surface area contributed by atoms with Crippen LogP contribution in [0.4, 0.5) is 4.39 Å². The zero-order valence-electron chi connectivity index (χ0n) is 11.0. The van der Waals surface area contributed by atoms with Crippen LogP contribution in [0.2, 0.25) is 0 Å². The van der Waals surface area contributed by atoms with Crippen LogP contribution in [0, 0.1) is 5.82 Å². The third kappa shape index (κ3) is 4.07. The Bertz CT molecular complexity index is 363. The highest BCUT2D eigenvalue weighted by Gasteiger charge is 2.15. The normalized spacial score (nSPS) is 21.8. The third-order valence-electron chi connectivity index (χ3n) is 3.45. The van der Waals surface area contributed by atoms with Gasteiger partial charge >= 0.3 is 0 Å². The summed E-state index contributed by atoms with van der Waals surface area (Å²) < 4.78 is 19.2. The van der Waals surface area contributed by atoms with Gasteiger partial charge in [0.1, 0.15) is 5.82 Å². The molecule has 0 bridgehead atoms. The van der Waals surface area contributed by atoms with E-state index >= 15 is 0 Å². The number of halogens is 1. The van der Waals surface area contributed by atoms with Crippen molar-refractivity contribution in [3.8, 4) is 0 Å². The van der Waals surface area contributed by atoms with Gasteiger partial charge in [0.2, 0.25) is 0 Å². The minimum atomic E-state index is -0.111. The smallest absolute Gasteiger partial charge is 0.126 e. The summed E-state index contributed by atoms with van der Waals surface area (Å²) in [6.07, 6.45) is 4.63. The van der Waals surface area contributed by atoms with Crippen molar-refractivity contribution in [1.29, 1.82) is 0 Å². The van der Waals surface area contributed by atoms with Gasteiger partial charge in [-0.15, -0.1) is 0 Å². The highest BCUT2D eigenvalue weighted by Crippen LogP contribution is 2.13. The molecule has 1 fully saturated rings. The molecule has 2 atom stereocenters. The van der Waals surface area contributed by atoms with Gasteiger partial charge < -0.3 is 10.1 Å². The fraction of sp³-hybridized carbons (Fsp3) is 0.600. The quantitative estimate of drug-likeness (QED) is 0.868. The van der Waals surface area contributed by atoms with E-state index in [1.54, 1.807) is 6.07 Å². The highest BCUT2D eigenvalue weighted by molar-refractivity contribution is 5.18. The average Bonchev–Trinajstić information content (AvgIpc) is 2.40. The monoisotopic (exact) mass is 251 g/mol. The summed E-state index contributed by atoms with van der Waals surface area (Å²) in [4.78, 5) is 0. The Labute approximate surface area is 109 Å². The molecule has 1 aliphatic rings. The van der Waals surface area contributed by atoms with E-state index in [1.165, 1.54) is 18.9 Å². The van der Waals surface area contributed by atoms with E-state index in [0.29, 0.717) is 6.10 Å². The number of benzene rings is 1. The van der Waals surface area contributed by atoms with Crippen molar-refractivity contribution in [2.45, 2.75) is 44.8 Å². The summed E-state index contributed by atoms with van der Waals surface area (Å²) in [6.45, 7) is 3.85. The average molecular weight is 251 g/mol. The molecule has 1 heterocycles. The molecular formula is C15H22FNO. The lowest BCUT2D eigenvalue weighted by Crippen LogP contribution is -2.37. The van der Waals surface area contributed by atoms with Crippen molar-refractivity contribution in [2.75, 3.05) is 13.2 Å². The van der Waals surface area contributed by atoms with E-state index in [1.807, 2.05) is 12.1 Å². The van der Waals surface area contributed by atoms with Gasteiger partial charge in [0.25, 0.3) is 0 Å². The van der Waals surface area contributed by atoms with E-state index in [-0.39, 0.29) is 11.9 Å². The molecule has 0 aliphatic carbocycles. The predicted octanol–water partition coefficient (Wildman–Crippen LogP) is 2.92. The Morgan fingerprint density at radius 3 is 2.94 bits per heavy atom. The van der Waals surface area contributed by atoms with Crippen LogP contribution in [0.15, 0.2) is 24.3 Å². The lowest BCUT2D eigenvalue weighted by molar-refractivity contribution is 0.0156. The first-order chi connectivity index (χ1) is 8.75. The molecule has 0 aromatic heterocycles. The summed E-state index contributed by atoms with van der Waals surface area (Å²) in [5.41, 5.74) is 0.780. The number of rotatable bonds is 5. The Balaban J connectivity index is 1.74. The van der Waals surface area contributed by atoms with Gasteiger partial charge in [-0.25, -0.2) is 4.39 Å². The maximum Gasteiger partial charge on any atom is 0.126 e. The molecule has 18 heavy (non-hydrogen) atoms. The molecular weight excluding hydrogens is 229 g/mol. The van der Waals surface area contributed by atoms with Crippen LogP contribution in [0.5, 0.6) is 0 Å². The van der Waals surface area contributed by atoms with Crippen LogP contribution >= 0.6 is 0 Å². The van der Waals surface area contributed by atoms with Crippen molar-refractivity contribution in [3.05, 3.63) is 35.6 Å². The summed E-state index contributed by atoms with van der Waals surface area (Å²) >= 11 is 0. The standard InChI is InChI=1S/C15H22FNO/c1-12(10-13-6-2-3-8-15(13)16)17-11-14-7-4-5-9-18-14/h2-3,6,8,12,14,17H,4-5,7,9-11H2,1H3. The zero-order chi connectivity index (χ0) is 12.8. The van der Waals surface area contributed by atoms with Crippen LogP contribution < -0.4 is 5.32 Å². The fourth-order valence-corrected chi connectivity index (χ4v) is 2.37. The third-order valence-corrected chi connectivity index (χ3v) is 3.45. The van der Waals surface area contributed by atoms with Gasteiger partial charge in [-0.3, -0.25) is 0 Å². The van der Waals surface area contributed by atoms with Gasteiger partial charge in [-0.05, 0) is 44.2 Å². The number of hydrogen-bond donors (Lipinski definition) is 1. The Hall–Kier alpha value is -0.930. The van der Waals surface area contributed by atoms with Crippen LogP contribution in [0.3, 0.4) is 0 Å². The molecule has 2 nitrogen and oxygen atoms in total. The molecule has 3 heteroatoms. The van der Waals surface area contributed by atoms with Gasteiger partial charge in [0, 0.05) is 19.2 Å². The molecule has 1 saturated heterocycles. The molecule has 2 rings (SSSR count). The fourth-order valence-electron chi connectivity index (χ4n) is 2.37. The summed E-state index contributed by atoms with van der Waals surface area (Å²) in [5, 5.41) is 3.44. The second-order valence-corrected chi connectivity index (χ2v) is 5.09. The first kappa shape index (κ1) is 13.5. The number of nitrogens with one attached hydrogen (secondary N) is 1. The van der Waals surface area contributed by atoms with Gasteiger partial charge in [0.15, 0.2) is 0 Å². The lowest BCUT2D eigenvalue weighted by atomic mass is 10.1. The molecule has 0 spiro atoms. The predicted molar refractivity (Wildman–Crippen MR) is 71.2 cm³/mol. The molecule has 1 aromatic rings. The topological polar surface area (TPSA) is 21.3 Å². The first-order valence-electron chi connectivity index (χ1n) is 6.84. The first-order valence-corrected chi connectivity index (χ1v) is 6.84. The molecule has 2 unspecified atom stereocenters. The summed E-state index contributed by atoms with van der Waals surface area (Å²) in [6, 6.07) is 7.26. The molecule has 1 N–H and O–H groups in total. The number of ether oxygens (including phenoxy) is 1. The van der Waals surface area contributed by atoms with Crippen LogP contribution in [-0.2, 0) is 11.2 Å².